The van der Waals surface area contributed by atoms with Gasteiger partial charge >= 0.3 is 0 Å². The molecule has 3 heterocycles. The zero-order valence-corrected chi connectivity index (χ0v) is 29.6. The molecule has 2 aliphatic heterocycles. The molecule has 6 nitrogen and oxygen atoms in total. The summed E-state index contributed by atoms with van der Waals surface area (Å²) in [5.74, 6) is 0.331. The maximum absolute atomic E-state index is 14.8. The van der Waals surface area contributed by atoms with Gasteiger partial charge in [0.25, 0.3) is 0 Å². The summed E-state index contributed by atoms with van der Waals surface area (Å²) in [5.41, 5.74) is 5.78. The summed E-state index contributed by atoms with van der Waals surface area (Å²) in [4.78, 5) is 26.9. The second-order valence-corrected chi connectivity index (χ2v) is 17.8. The van der Waals surface area contributed by atoms with Gasteiger partial charge in [-0.1, -0.05) is 39.0 Å². The Balaban J connectivity index is 1.41. The van der Waals surface area contributed by atoms with Gasteiger partial charge < -0.3 is 19.5 Å². The van der Waals surface area contributed by atoms with E-state index in [-0.39, 0.29) is 34.2 Å². The van der Waals surface area contributed by atoms with Crippen LogP contribution >= 0.6 is 0 Å². The Morgan fingerprint density at radius 3 is 2.43 bits per heavy atom. The Hall–Kier alpha value is -2.80. The first-order valence-electron chi connectivity index (χ1n) is 17.7. The predicted octanol–water partition coefficient (Wildman–Crippen LogP) is 7.74. The molecule has 0 spiro atoms. The topological polar surface area (TPSA) is 88.8 Å². The largest absolute Gasteiger partial charge is 0.392 e. The van der Waals surface area contributed by atoms with E-state index in [1.165, 1.54) is 11.3 Å². The number of benzene rings is 1. The van der Waals surface area contributed by atoms with Crippen LogP contribution in [-0.4, -0.2) is 43.7 Å². The molecule has 1 aromatic carbocycles. The van der Waals surface area contributed by atoms with Crippen LogP contribution in [0, 0.1) is 28.6 Å². The van der Waals surface area contributed by atoms with Crippen molar-refractivity contribution in [3.05, 3.63) is 64.4 Å². The average Bonchev–Trinajstić information content (AvgIpc) is 3.62. The molecule has 2 saturated carbocycles. The highest BCUT2D eigenvalue weighted by atomic mass is 16.5. The standard InChI is InChI=1S/C41H51NO5/c1-20(2)32-35(46)30-29-23(26-19-37(4,5)47-38(6,7)31(26)34(29)45)18-24-25-17-22-11-12-27-39(8,15-13-21(3)43)28(44)14-16-40(27,9)41(22,10)36(25)42(32)33(24)30/h13,15,18-19,22,27-28,31-32,34,44-45H,1,11-12,14,16-17H2,2-10H3/b15-13+/t22?,27-,28-,31?,32-,34+,39-,40-,41+/m0/s1. The summed E-state index contributed by atoms with van der Waals surface area (Å²) in [6.07, 6.45) is 8.96. The SMILES string of the molecule is C=C(C)[C@H]1C(=O)c2c3c(cc4c5c(n1c24)[C@@]1(C)C(CC[C@H]2[C@](C)(/C=C/C(C)=O)[C@@H](O)CC[C@@]21C)C5)C1=CC(C)(C)OC(C)(C)C1[C@@H]3O. The van der Waals surface area contributed by atoms with E-state index in [0.29, 0.717) is 17.9 Å². The third kappa shape index (κ3) is 3.63. The number of aliphatic hydroxyl groups excluding tert-OH is 2. The second kappa shape index (κ2) is 9.25. The van der Waals surface area contributed by atoms with Crippen molar-refractivity contribution in [2.45, 2.75) is 129 Å². The summed E-state index contributed by atoms with van der Waals surface area (Å²) in [5, 5.41) is 24.8. The molecule has 1 aromatic heterocycles. The normalized spacial score (nSPS) is 40.6. The summed E-state index contributed by atoms with van der Waals surface area (Å²) in [6.45, 7) is 23.2. The van der Waals surface area contributed by atoms with Crippen molar-refractivity contribution in [2.24, 2.45) is 28.6 Å². The van der Waals surface area contributed by atoms with Gasteiger partial charge in [0.05, 0.1) is 34.5 Å². The fourth-order valence-corrected chi connectivity index (χ4v) is 12.4. The average molecular weight is 638 g/mol. The molecular weight excluding hydrogens is 586 g/mol. The monoisotopic (exact) mass is 637 g/mol. The van der Waals surface area contributed by atoms with E-state index >= 15 is 0 Å². The Kier molecular flexibility index (Phi) is 6.19. The molecule has 250 valence electrons. The van der Waals surface area contributed by atoms with Gasteiger partial charge in [0.2, 0.25) is 0 Å². The van der Waals surface area contributed by atoms with Crippen LogP contribution in [0.1, 0.15) is 133 Å². The number of aromatic nitrogens is 1. The van der Waals surface area contributed by atoms with Crippen LogP contribution in [0.3, 0.4) is 0 Å². The van der Waals surface area contributed by atoms with Gasteiger partial charge in [0.15, 0.2) is 11.6 Å². The molecule has 9 atom stereocenters. The quantitative estimate of drug-likeness (QED) is 0.266. The smallest absolute Gasteiger partial charge is 0.192 e. The molecule has 0 radical (unpaired) electrons. The molecular formula is C41H51NO5. The van der Waals surface area contributed by atoms with E-state index in [1.807, 2.05) is 13.0 Å². The number of carbonyl (C=O) groups excluding carboxylic acids is 2. The summed E-state index contributed by atoms with van der Waals surface area (Å²) >= 11 is 0. The van der Waals surface area contributed by atoms with Crippen LogP contribution in [0.15, 0.2) is 36.4 Å². The second-order valence-electron chi connectivity index (χ2n) is 17.8. The minimum Gasteiger partial charge on any atom is -0.392 e. The Morgan fingerprint density at radius 1 is 1.06 bits per heavy atom. The Labute approximate surface area is 278 Å². The van der Waals surface area contributed by atoms with Crippen molar-refractivity contribution >= 4 is 28.0 Å². The molecule has 0 amide bonds. The van der Waals surface area contributed by atoms with Crippen molar-refractivity contribution in [3.8, 4) is 0 Å². The molecule has 2 N–H and O–H groups in total. The van der Waals surface area contributed by atoms with Gasteiger partial charge in [-0.15, -0.1) is 0 Å². The highest BCUT2D eigenvalue weighted by molar-refractivity contribution is 6.18. The number of rotatable bonds is 3. The van der Waals surface area contributed by atoms with Crippen LogP contribution < -0.4 is 0 Å². The van der Waals surface area contributed by atoms with Crippen molar-refractivity contribution < 1.29 is 24.5 Å². The first-order chi connectivity index (χ1) is 21.8. The Morgan fingerprint density at radius 2 is 1.77 bits per heavy atom. The van der Waals surface area contributed by atoms with Gasteiger partial charge in [0.1, 0.15) is 6.04 Å². The van der Waals surface area contributed by atoms with Crippen molar-refractivity contribution in [2.75, 3.05) is 0 Å². The van der Waals surface area contributed by atoms with E-state index in [9.17, 15) is 19.8 Å². The van der Waals surface area contributed by atoms with Crippen molar-refractivity contribution in [1.29, 1.82) is 0 Å². The van der Waals surface area contributed by atoms with Gasteiger partial charge in [-0.25, -0.2) is 0 Å². The zero-order valence-electron chi connectivity index (χ0n) is 29.6. The number of Topliss-reactive ketones (excluding diaryl/α,β-unsaturated/α-hetero) is 1. The highest BCUT2D eigenvalue weighted by Gasteiger charge is 2.67. The molecule has 2 unspecified atom stereocenters. The molecule has 6 heteroatoms. The van der Waals surface area contributed by atoms with Crippen LogP contribution in [0.2, 0.25) is 0 Å². The highest BCUT2D eigenvalue weighted by Crippen LogP contribution is 2.71. The number of aliphatic hydroxyl groups is 2. The molecule has 8 rings (SSSR count). The minimum atomic E-state index is -0.846. The lowest BCUT2D eigenvalue weighted by Gasteiger charge is -2.64. The summed E-state index contributed by atoms with van der Waals surface area (Å²) < 4.78 is 8.86. The van der Waals surface area contributed by atoms with Gasteiger partial charge in [-0.2, -0.15) is 0 Å². The maximum atomic E-state index is 14.8. The first-order valence-corrected chi connectivity index (χ1v) is 17.7. The van der Waals surface area contributed by atoms with E-state index in [0.717, 1.165) is 58.9 Å². The molecule has 6 aliphatic rings. The van der Waals surface area contributed by atoms with Gasteiger partial charge in [-0.3, -0.25) is 9.59 Å². The van der Waals surface area contributed by atoms with Gasteiger partial charge in [0, 0.05) is 33.4 Å². The maximum Gasteiger partial charge on any atom is 0.192 e. The Bertz CT molecular complexity index is 1890. The molecule has 2 aromatic rings. The van der Waals surface area contributed by atoms with Crippen LogP contribution in [0.4, 0.5) is 0 Å². The van der Waals surface area contributed by atoms with Crippen molar-refractivity contribution in [3.63, 3.8) is 0 Å². The molecule has 4 aliphatic carbocycles. The first kappa shape index (κ1) is 31.5. The molecule has 2 fully saturated rings. The predicted molar refractivity (Wildman–Crippen MR) is 184 cm³/mol. The third-order valence-corrected chi connectivity index (χ3v) is 14.3. The lowest BCUT2D eigenvalue weighted by molar-refractivity contribution is -0.145. The summed E-state index contributed by atoms with van der Waals surface area (Å²) in [7, 11) is 0. The number of fused-ring (bicyclic) bond motifs is 11. The van der Waals surface area contributed by atoms with Gasteiger partial charge in [-0.05, 0) is 126 Å². The number of carbonyl (C=O) groups is 2. The molecule has 0 bridgehead atoms. The van der Waals surface area contributed by atoms with E-state index in [4.69, 9.17) is 4.74 Å². The number of hydrogen-bond acceptors (Lipinski definition) is 5. The van der Waals surface area contributed by atoms with Crippen LogP contribution in [0.25, 0.3) is 16.5 Å². The number of allylic oxidation sites excluding steroid dienone is 2. The number of nitrogens with zero attached hydrogens (tertiary/aromatic N) is 1. The minimum absolute atomic E-state index is 0.000922. The summed E-state index contributed by atoms with van der Waals surface area (Å²) in [6, 6.07) is 1.78. The molecule has 47 heavy (non-hydrogen) atoms. The number of hydrogen-bond donors (Lipinski definition) is 2. The number of ether oxygens (including phenoxy) is 1. The lowest BCUT2D eigenvalue weighted by atomic mass is 9.40. The van der Waals surface area contributed by atoms with E-state index < -0.39 is 34.9 Å². The zero-order chi connectivity index (χ0) is 34.0. The number of ketones is 2. The fraction of sp³-hybridized carbons (Fsp3) is 0.610. The molecule has 0 saturated heterocycles. The lowest BCUT2D eigenvalue weighted by Crippen LogP contribution is -2.62. The van der Waals surface area contributed by atoms with Crippen LogP contribution in [-0.2, 0) is 21.4 Å². The van der Waals surface area contributed by atoms with E-state index in [2.05, 4.69) is 71.8 Å². The van der Waals surface area contributed by atoms with Crippen LogP contribution in [0.5, 0.6) is 0 Å². The van der Waals surface area contributed by atoms with E-state index in [1.54, 1.807) is 13.0 Å². The fourth-order valence-electron chi connectivity index (χ4n) is 12.4. The van der Waals surface area contributed by atoms with Crippen molar-refractivity contribution in [1.82, 2.24) is 4.57 Å². The third-order valence-electron chi connectivity index (χ3n) is 14.3.